The zero-order valence-corrected chi connectivity index (χ0v) is 22.9. The molecule has 3 heterocycles. The Bertz CT molecular complexity index is 1070. The van der Waals surface area contributed by atoms with Gasteiger partial charge in [-0.05, 0) is 70.2 Å². The molecule has 1 aromatic rings. The van der Waals surface area contributed by atoms with Crippen molar-refractivity contribution in [2.75, 3.05) is 42.6 Å². The van der Waals surface area contributed by atoms with E-state index < -0.39 is 35.0 Å². The lowest BCUT2D eigenvalue weighted by atomic mass is 9.62. The van der Waals surface area contributed by atoms with Crippen molar-refractivity contribution in [3.63, 3.8) is 0 Å². The number of nitrogens with zero attached hydrogens (tertiary/aromatic N) is 3. The van der Waals surface area contributed by atoms with Crippen molar-refractivity contribution in [3.8, 4) is 0 Å². The third-order valence-electron chi connectivity index (χ3n) is 8.99. The van der Waals surface area contributed by atoms with Crippen LogP contribution >= 0.6 is 0 Å². The van der Waals surface area contributed by atoms with E-state index in [2.05, 4.69) is 25.3 Å². The second-order valence-corrected chi connectivity index (χ2v) is 10.9. The van der Waals surface area contributed by atoms with E-state index in [0.29, 0.717) is 24.9 Å². The average Bonchev–Trinajstić information content (AvgIpc) is 3.40. The molecule has 3 fully saturated rings. The third kappa shape index (κ3) is 4.20. The predicted molar refractivity (Wildman–Crippen MR) is 145 cm³/mol. The maximum Gasteiger partial charge on any atom is 0.310 e. The highest BCUT2D eigenvalue weighted by Crippen LogP contribution is 2.65. The summed E-state index contributed by atoms with van der Waals surface area (Å²) < 4.78 is 6.57. The zero-order chi connectivity index (χ0) is 27.8. The number of rotatable bonds is 12. The SMILES string of the molecule is C=CCN(C(=O)C1N(CCCCO)C(=O)[C@@H]2[C@@H](C(=O)O)[C@]3(C)OC12CC3C)c1ccc(N(CC)CC)cc1. The monoisotopic (exact) mass is 527 g/mol. The Morgan fingerprint density at radius 3 is 2.37 bits per heavy atom. The van der Waals surface area contributed by atoms with Crippen LogP contribution in [0.3, 0.4) is 0 Å². The lowest BCUT2D eigenvalue weighted by Crippen LogP contribution is -2.57. The molecular weight excluding hydrogens is 486 g/mol. The smallest absolute Gasteiger partial charge is 0.310 e. The van der Waals surface area contributed by atoms with Gasteiger partial charge in [0, 0.05) is 44.2 Å². The van der Waals surface area contributed by atoms with E-state index in [1.54, 1.807) is 17.9 Å². The summed E-state index contributed by atoms with van der Waals surface area (Å²) in [5, 5.41) is 19.5. The number of aliphatic hydroxyl groups excluding tert-OH is 1. The molecule has 1 spiro atoms. The third-order valence-corrected chi connectivity index (χ3v) is 8.99. The summed E-state index contributed by atoms with van der Waals surface area (Å²) in [4.78, 5) is 46.2. The normalized spacial score (nSPS) is 31.4. The van der Waals surface area contributed by atoms with Gasteiger partial charge in [-0.2, -0.15) is 0 Å². The molecule has 4 rings (SSSR count). The number of carboxylic acid groups (broad SMARTS) is 1. The van der Waals surface area contributed by atoms with Gasteiger partial charge in [-0.15, -0.1) is 6.58 Å². The molecule has 3 unspecified atom stereocenters. The summed E-state index contributed by atoms with van der Waals surface area (Å²) in [5.41, 5.74) is -0.522. The first kappa shape index (κ1) is 28.1. The number of carbonyl (C=O) groups is 3. The highest BCUT2D eigenvalue weighted by molar-refractivity contribution is 6.04. The topological polar surface area (TPSA) is 111 Å². The number of fused-ring (bicyclic) bond motifs is 1. The molecule has 9 heteroatoms. The highest BCUT2D eigenvalue weighted by atomic mass is 16.5. The van der Waals surface area contributed by atoms with Crippen LogP contribution in [0.15, 0.2) is 36.9 Å². The number of amides is 2. The largest absolute Gasteiger partial charge is 0.481 e. The molecule has 38 heavy (non-hydrogen) atoms. The molecule has 0 aliphatic carbocycles. The molecule has 3 saturated heterocycles. The van der Waals surface area contributed by atoms with Crippen LogP contribution in [0.4, 0.5) is 11.4 Å². The number of carbonyl (C=O) groups excluding carboxylic acids is 2. The number of aliphatic carboxylic acids is 1. The van der Waals surface area contributed by atoms with E-state index >= 15 is 0 Å². The van der Waals surface area contributed by atoms with E-state index in [0.717, 1.165) is 18.8 Å². The van der Waals surface area contributed by atoms with Gasteiger partial charge in [-0.3, -0.25) is 14.4 Å². The molecule has 2 N–H and O–H groups in total. The van der Waals surface area contributed by atoms with Gasteiger partial charge < -0.3 is 29.6 Å². The van der Waals surface area contributed by atoms with Gasteiger partial charge >= 0.3 is 5.97 Å². The van der Waals surface area contributed by atoms with Crippen molar-refractivity contribution in [2.45, 2.75) is 64.2 Å². The minimum absolute atomic E-state index is 0.0277. The number of aliphatic hydroxyl groups is 1. The Labute approximate surface area is 225 Å². The lowest BCUT2D eigenvalue weighted by Gasteiger charge is -2.37. The number of likely N-dealkylation sites (tertiary alicyclic amines) is 1. The van der Waals surface area contributed by atoms with E-state index in [1.165, 1.54) is 4.90 Å². The van der Waals surface area contributed by atoms with Crippen molar-refractivity contribution in [2.24, 2.45) is 17.8 Å². The summed E-state index contributed by atoms with van der Waals surface area (Å²) in [7, 11) is 0. The fourth-order valence-corrected chi connectivity index (χ4v) is 7.06. The molecule has 2 bridgehead atoms. The van der Waals surface area contributed by atoms with Crippen LogP contribution in [-0.4, -0.2) is 82.9 Å². The number of hydrogen-bond donors (Lipinski definition) is 2. The van der Waals surface area contributed by atoms with Crippen LogP contribution in [0, 0.1) is 17.8 Å². The summed E-state index contributed by atoms with van der Waals surface area (Å²) in [6.07, 6.45) is 3.05. The van der Waals surface area contributed by atoms with Crippen LogP contribution in [0.25, 0.3) is 0 Å². The van der Waals surface area contributed by atoms with Gasteiger partial charge in [-0.25, -0.2) is 0 Å². The zero-order valence-electron chi connectivity index (χ0n) is 22.9. The molecule has 0 aromatic heterocycles. The number of anilines is 2. The van der Waals surface area contributed by atoms with Crippen LogP contribution in [-0.2, 0) is 19.1 Å². The Balaban J connectivity index is 1.76. The van der Waals surface area contributed by atoms with Gasteiger partial charge in [0.2, 0.25) is 5.91 Å². The number of hydrogen-bond acceptors (Lipinski definition) is 6. The lowest BCUT2D eigenvalue weighted by molar-refractivity contribution is -0.156. The van der Waals surface area contributed by atoms with Crippen LogP contribution < -0.4 is 9.80 Å². The fraction of sp³-hybridized carbons (Fsp3) is 0.621. The molecular formula is C29H41N3O6. The second kappa shape index (κ2) is 10.7. The summed E-state index contributed by atoms with van der Waals surface area (Å²) in [5.74, 6) is -3.82. The standard InChI is InChI=1S/C29H41N3O6/c1-6-15-31(21-13-11-20(12-14-21)30(7-2)8-3)26(35)24-29-18-19(4)28(5,38-29)23(27(36)37)22(29)25(34)32(24)16-9-10-17-33/h6,11-14,19,22-24,33H,1,7-10,15-18H2,2-5H3,(H,36,37)/t19?,22-,23-,24?,28+,29?/m0/s1. The van der Waals surface area contributed by atoms with Crippen molar-refractivity contribution >= 4 is 29.2 Å². The van der Waals surface area contributed by atoms with E-state index in [1.807, 2.05) is 31.2 Å². The molecule has 3 aliphatic rings. The fourth-order valence-electron chi connectivity index (χ4n) is 7.06. The summed E-state index contributed by atoms with van der Waals surface area (Å²) in [6, 6.07) is 6.79. The van der Waals surface area contributed by atoms with Gasteiger partial charge in [0.1, 0.15) is 17.6 Å². The van der Waals surface area contributed by atoms with Gasteiger partial charge in [-0.1, -0.05) is 13.0 Å². The Hall–Kier alpha value is -2.91. The summed E-state index contributed by atoms with van der Waals surface area (Å²) in [6.45, 7) is 13.9. The molecule has 0 saturated carbocycles. The Kier molecular flexibility index (Phi) is 7.91. The minimum Gasteiger partial charge on any atom is -0.481 e. The van der Waals surface area contributed by atoms with Crippen LogP contribution in [0.1, 0.15) is 47.0 Å². The van der Waals surface area contributed by atoms with Crippen molar-refractivity contribution in [3.05, 3.63) is 36.9 Å². The molecule has 2 amide bonds. The number of ether oxygens (including phenoxy) is 1. The van der Waals surface area contributed by atoms with Crippen molar-refractivity contribution in [1.82, 2.24) is 4.90 Å². The Morgan fingerprint density at radius 2 is 1.82 bits per heavy atom. The first-order valence-corrected chi connectivity index (χ1v) is 13.7. The quantitative estimate of drug-likeness (QED) is 0.318. The second-order valence-electron chi connectivity index (χ2n) is 10.9. The minimum atomic E-state index is -1.22. The summed E-state index contributed by atoms with van der Waals surface area (Å²) >= 11 is 0. The first-order chi connectivity index (χ1) is 18.1. The molecule has 0 radical (unpaired) electrons. The van der Waals surface area contributed by atoms with Gasteiger partial charge in [0.15, 0.2) is 0 Å². The maximum absolute atomic E-state index is 14.5. The molecule has 208 valence electrons. The number of benzene rings is 1. The van der Waals surface area contributed by atoms with Gasteiger partial charge in [0.25, 0.3) is 5.91 Å². The molecule has 3 aliphatic heterocycles. The molecule has 9 nitrogen and oxygen atoms in total. The highest BCUT2D eigenvalue weighted by Gasteiger charge is 2.80. The van der Waals surface area contributed by atoms with Gasteiger partial charge in [0.05, 0.1) is 11.5 Å². The number of unbranched alkanes of at least 4 members (excludes halogenated alkanes) is 1. The Morgan fingerprint density at radius 1 is 1.18 bits per heavy atom. The number of carboxylic acids is 1. The van der Waals surface area contributed by atoms with Crippen molar-refractivity contribution < 1.29 is 29.3 Å². The maximum atomic E-state index is 14.5. The van der Waals surface area contributed by atoms with Crippen molar-refractivity contribution in [1.29, 1.82) is 0 Å². The predicted octanol–water partition coefficient (Wildman–Crippen LogP) is 2.92. The van der Waals surface area contributed by atoms with E-state index in [9.17, 15) is 24.6 Å². The van der Waals surface area contributed by atoms with E-state index in [-0.39, 0.29) is 37.4 Å². The van der Waals surface area contributed by atoms with Crippen LogP contribution in [0.5, 0.6) is 0 Å². The average molecular weight is 528 g/mol. The molecule has 6 atom stereocenters. The van der Waals surface area contributed by atoms with E-state index in [4.69, 9.17) is 4.74 Å². The first-order valence-electron chi connectivity index (χ1n) is 13.7. The van der Waals surface area contributed by atoms with Crippen LogP contribution in [0.2, 0.25) is 0 Å². The molecule has 1 aromatic carbocycles.